The quantitative estimate of drug-likeness (QED) is 0.893. The van der Waals surface area contributed by atoms with Crippen LogP contribution in [-0.4, -0.2) is 34.8 Å². The third kappa shape index (κ3) is 4.62. The highest BCUT2D eigenvalue weighted by Gasteiger charge is 2.31. The van der Waals surface area contributed by atoms with Crippen molar-refractivity contribution >= 4 is 17.7 Å². The zero-order valence-electron chi connectivity index (χ0n) is 13.4. The van der Waals surface area contributed by atoms with E-state index in [0.717, 1.165) is 18.4 Å². The van der Waals surface area contributed by atoms with Crippen molar-refractivity contribution in [1.82, 2.24) is 4.90 Å². The highest BCUT2D eigenvalue weighted by Crippen LogP contribution is 2.30. The van der Waals surface area contributed by atoms with Crippen LogP contribution in [0.1, 0.15) is 45.3 Å². The smallest absolute Gasteiger partial charge is 0.410 e. The summed E-state index contributed by atoms with van der Waals surface area (Å²) in [5, 5.41) is 11.2. The molecular formula is C17H24ClNO3. The molecule has 0 aliphatic carbocycles. The molecule has 0 unspecified atom stereocenters. The van der Waals surface area contributed by atoms with E-state index < -0.39 is 11.7 Å². The number of aliphatic hydroxyl groups excluding tert-OH is 1. The fourth-order valence-electron chi connectivity index (χ4n) is 2.69. The van der Waals surface area contributed by atoms with Crippen molar-refractivity contribution in [2.75, 3.05) is 13.1 Å². The van der Waals surface area contributed by atoms with Gasteiger partial charge in [0, 0.05) is 24.0 Å². The predicted octanol–water partition coefficient (Wildman–Crippen LogP) is 4.02. The van der Waals surface area contributed by atoms with Gasteiger partial charge >= 0.3 is 6.09 Å². The van der Waals surface area contributed by atoms with Gasteiger partial charge in [-0.2, -0.15) is 0 Å². The molecule has 5 heteroatoms. The molecule has 1 aliphatic rings. The van der Waals surface area contributed by atoms with Gasteiger partial charge in [0.1, 0.15) is 5.60 Å². The second kappa shape index (κ2) is 6.88. The molecule has 122 valence electrons. The normalized spacial score (nSPS) is 20.6. The molecule has 1 heterocycles. The number of ether oxygens (including phenoxy) is 1. The van der Waals surface area contributed by atoms with Crippen LogP contribution >= 0.6 is 11.6 Å². The third-order valence-electron chi connectivity index (χ3n) is 3.77. The monoisotopic (exact) mass is 325 g/mol. The molecule has 0 aromatic heterocycles. The van der Waals surface area contributed by atoms with E-state index in [1.807, 2.05) is 32.9 Å². The first-order valence-electron chi connectivity index (χ1n) is 7.68. The SMILES string of the molecule is CC(C)(C)OC(=O)N1CCC[C@H]([C@@H](O)c2ccc(Cl)cc2)C1. The number of piperidine rings is 1. The molecule has 0 bridgehead atoms. The summed E-state index contributed by atoms with van der Waals surface area (Å²) in [5.74, 6) is 0.0162. The Kier molecular flexibility index (Phi) is 5.35. The van der Waals surface area contributed by atoms with Crippen LogP contribution in [-0.2, 0) is 4.74 Å². The highest BCUT2D eigenvalue weighted by molar-refractivity contribution is 6.30. The van der Waals surface area contributed by atoms with Crippen LogP contribution in [0, 0.1) is 5.92 Å². The van der Waals surface area contributed by atoms with E-state index in [-0.39, 0.29) is 12.0 Å². The number of hydrogen-bond acceptors (Lipinski definition) is 3. The van der Waals surface area contributed by atoms with Crippen molar-refractivity contribution in [3.63, 3.8) is 0 Å². The molecule has 1 aliphatic heterocycles. The molecular weight excluding hydrogens is 302 g/mol. The van der Waals surface area contributed by atoms with Crippen molar-refractivity contribution in [2.45, 2.75) is 45.3 Å². The van der Waals surface area contributed by atoms with Crippen LogP contribution < -0.4 is 0 Å². The number of nitrogens with zero attached hydrogens (tertiary/aromatic N) is 1. The van der Waals surface area contributed by atoms with E-state index in [4.69, 9.17) is 16.3 Å². The first-order chi connectivity index (χ1) is 10.3. The van der Waals surface area contributed by atoms with Crippen LogP contribution in [0.25, 0.3) is 0 Å². The van der Waals surface area contributed by atoms with Gasteiger partial charge in [0.05, 0.1) is 6.10 Å². The third-order valence-corrected chi connectivity index (χ3v) is 4.02. The van der Waals surface area contributed by atoms with Crippen molar-refractivity contribution in [3.05, 3.63) is 34.9 Å². The second-order valence-corrected chi connectivity index (χ2v) is 7.26. The molecule has 0 radical (unpaired) electrons. The Morgan fingerprint density at radius 1 is 1.36 bits per heavy atom. The standard InChI is InChI=1S/C17H24ClNO3/c1-17(2,3)22-16(21)19-10-4-5-13(11-19)15(20)12-6-8-14(18)9-7-12/h6-9,13,15,20H,4-5,10-11H2,1-3H3/t13-,15-/m0/s1. The van der Waals surface area contributed by atoms with Gasteiger partial charge in [0.2, 0.25) is 0 Å². The van der Waals surface area contributed by atoms with E-state index in [1.54, 1.807) is 17.0 Å². The Balaban J connectivity index is 2.00. The van der Waals surface area contributed by atoms with Crippen LogP contribution in [0.2, 0.25) is 5.02 Å². The van der Waals surface area contributed by atoms with E-state index in [1.165, 1.54) is 0 Å². The lowest BCUT2D eigenvalue weighted by molar-refractivity contribution is 0.00239. The van der Waals surface area contributed by atoms with Crippen molar-refractivity contribution in [2.24, 2.45) is 5.92 Å². The minimum Gasteiger partial charge on any atom is -0.444 e. The number of carbonyl (C=O) groups excluding carboxylic acids is 1. The molecule has 1 aromatic rings. The zero-order chi connectivity index (χ0) is 16.3. The molecule has 1 N–H and O–H groups in total. The van der Waals surface area contributed by atoms with E-state index in [2.05, 4.69) is 0 Å². The minimum atomic E-state index is -0.595. The van der Waals surface area contributed by atoms with Gasteiger partial charge in [-0.1, -0.05) is 23.7 Å². The van der Waals surface area contributed by atoms with Gasteiger partial charge in [-0.25, -0.2) is 4.79 Å². The lowest BCUT2D eigenvalue weighted by Gasteiger charge is -2.36. The summed E-state index contributed by atoms with van der Waals surface area (Å²) in [5.41, 5.74) is 0.333. The summed E-state index contributed by atoms with van der Waals surface area (Å²) >= 11 is 5.88. The Labute approximate surface area is 137 Å². The number of rotatable bonds is 2. The Morgan fingerprint density at radius 3 is 2.59 bits per heavy atom. The van der Waals surface area contributed by atoms with Gasteiger partial charge in [0.15, 0.2) is 0 Å². The molecule has 0 spiro atoms. The average Bonchev–Trinajstić information content (AvgIpc) is 2.46. The number of amides is 1. The van der Waals surface area contributed by atoms with Gasteiger partial charge in [0.25, 0.3) is 0 Å². The first kappa shape index (κ1) is 17.1. The summed E-state index contributed by atoms with van der Waals surface area (Å²) in [7, 11) is 0. The second-order valence-electron chi connectivity index (χ2n) is 6.83. The minimum absolute atomic E-state index is 0.0162. The zero-order valence-corrected chi connectivity index (χ0v) is 14.1. The van der Waals surface area contributed by atoms with Gasteiger partial charge in [-0.15, -0.1) is 0 Å². The van der Waals surface area contributed by atoms with E-state index in [0.29, 0.717) is 18.1 Å². The number of benzene rings is 1. The maximum absolute atomic E-state index is 12.2. The first-order valence-corrected chi connectivity index (χ1v) is 8.05. The van der Waals surface area contributed by atoms with Gasteiger partial charge in [-0.05, 0) is 51.3 Å². The molecule has 1 aromatic carbocycles. The summed E-state index contributed by atoms with van der Waals surface area (Å²) in [4.78, 5) is 13.9. The molecule has 2 atom stereocenters. The molecule has 22 heavy (non-hydrogen) atoms. The molecule has 4 nitrogen and oxygen atoms in total. The molecule has 2 rings (SSSR count). The van der Waals surface area contributed by atoms with Gasteiger partial charge in [-0.3, -0.25) is 0 Å². The molecule has 0 saturated carbocycles. The molecule has 1 fully saturated rings. The number of carbonyl (C=O) groups is 1. The molecule has 1 saturated heterocycles. The fraction of sp³-hybridized carbons (Fsp3) is 0.588. The Morgan fingerprint density at radius 2 is 2.00 bits per heavy atom. The van der Waals surface area contributed by atoms with E-state index in [9.17, 15) is 9.90 Å². The van der Waals surface area contributed by atoms with Crippen LogP contribution in [0.3, 0.4) is 0 Å². The largest absolute Gasteiger partial charge is 0.444 e. The highest BCUT2D eigenvalue weighted by atomic mass is 35.5. The summed E-state index contributed by atoms with van der Waals surface area (Å²) in [6.45, 7) is 6.76. The number of halogens is 1. The van der Waals surface area contributed by atoms with Crippen LogP contribution in [0.4, 0.5) is 4.79 Å². The Bertz CT molecular complexity index is 510. The Hall–Kier alpha value is -1.26. The maximum Gasteiger partial charge on any atom is 0.410 e. The predicted molar refractivity (Wildman–Crippen MR) is 86.9 cm³/mol. The lowest BCUT2D eigenvalue weighted by Crippen LogP contribution is -2.44. The number of hydrogen-bond donors (Lipinski definition) is 1. The average molecular weight is 326 g/mol. The van der Waals surface area contributed by atoms with Crippen molar-refractivity contribution in [1.29, 1.82) is 0 Å². The van der Waals surface area contributed by atoms with Gasteiger partial charge < -0.3 is 14.7 Å². The summed E-state index contributed by atoms with van der Waals surface area (Å²) in [6.07, 6.45) is 0.862. The number of likely N-dealkylation sites (tertiary alicyclic amines) is 1. The lowest BCUT2D eigenvalue weighted by atomic mass is 9.89. The van der Waals surface area contributed by atoms with Crippen molar-refractivity contribution in [3.8, 4) is 0 Å². The van der Waals surface area contributed by atoms with Crippen LogP contribution in [0.15, 0.2) is 24.3 Å². The summed E-state index contributed by atoms with van der Waals surface area (Å²) in [6, 6.07) is 7.21. The molecule has 1 amide bonds. The van der Waals surface area contributed by atoms with E-state index >= 15 is 0 Å². The topological polar surface area (TPSA) is 49.8 Å². The summed E-state index contributed by atoms with van der Waals surface area (Å²) < 4.78 is 5.41. The van der Waals surface area contributed by atoms with Crippen LogP contribution in [0.5, 0.6) is 0 Å². The maximum atomic E-state index is 12.2. The fourth-order valence-corrected chi connectivity index (χ4v) is 2.82. The van der Waals surface area contributed by atoms with Crippen molar-refractivity contribution < 1.29 is 14.6 Å². The number of aliphatic hydroxyl groups is 1.